The molecule has 0 atom stereocenters. The van der Waals surface area contributed by atoms with Gasteiger partial charge in [-0.1, -0.05) is 0 Å². The second-order valence-corrected chi connectivity index (χ2v) is 1.34. The number of aliphatic hydroxyl groups is 1. The summed E-state index contributed by atoms with van der Waals surface area (Å²) in [6.45, 7) is 0.361. The molecule has 0 aromatic carbocycles. The maximum Gasteiger partial charge on any atom is 0.188 e. The van der Waals surface area contributed by atoms with Crippen molar-refractivity contribution in [2.75, 3.05) is 19.9 Å². The van der Waals surface area contributed by atoms with E-state index in [1.807, 2.05) is 0 Å². The predicted octanol–water partition coefficient (Wildman–Crippen LogP) is -1.77. The lowest BCUT2D eigenvalue weighted by Gasteiger charge is -1.95. The Morgan fingerprint density at radius 2 is 2.22 bits per heavy atom. The minimum Gasteiger partial charge on any atom is -0.394 e. The van der Waals surface area contributed by atoms with Gasteiger partial charge in [0.1, 0.15) is 6.73 Å². The van der Waals surface area contributed by atoms with E-state index in [-0.39, 0.29) is 25.9 Å². The number of nitrogens with two attached hydrogens (primary N) is 2. The van der Waals surface area contributed by atoms with Gasteiger partial charge in [-0.15, -0.1) is 0 Å². The monoisotopic (exact) mass is 133 g/mol. The Morgan fingerprint density at radius 3 is 2.67 bits per heavy atom. The molecule has 0 amide bonds. The first-order valence-corrected chi connectivity index (χ1v) is 2.51. The van der Waals surface area contributed by atoms with Gasteiger partial charge in [-0.3, -0.25) is 0 Å². The molecule has 0 saturated heterocycles. The van der Waals surface area contributed by atoms with E-state index in [9.17, 15) is 0 Å². The molecule has 5 nitrogen and oxygen atoms in total. The summed E-state index contributed by atoms with van der Waals surface area (Å²) in [6, 6.07) is 0. The van der Waals surface area contributed by atoms with Crippen LogP contribution in [0.25, 0.3) is 0 Å². The van der Waals surface area contributed by atoms with Crippen LogP contribution in [-0.4, -0.2) is 31.0 Å². The Kier molecular flexibility index (Phi) is 4.85. The van der Waals surface area contributed by atoms with Crippen LogP contribution in [0.3, 0.4) is 0 Å². The highest BCUT2D eigenvalue weighted by Gasteiger charge is 1.81. The number of guanidine groups is 1. The largest absolute Gasteiger partial charge is 0.394 e. The Labute approximate surface area is 53.3 Å². The molecule has 0 unspecified atom stereocenters. The molecule has 0 spiro atoms. The van der Waals surface area contributed by atoms with Crippen LogP contribution in [0.5, 0.6) is 0 Å². The molecular formula is C4H11N3O2. The van der Waals surface area contributed by atoms with E-state index in [0.717, 1.165) is 0 Å². The number of aliphatic hydroxyl groups excluding tert-OH is 1. The van der Waals surface area contributed by atoms with Crippen LogP contribution in [0, 0.1) is 0 Å². The predicted molar refractivity (Wildman–Crippen MR) is 33.7 cm³/mol. The third-order valence-corrected chi connectivity index (χ3v) is 0.574. The number of rotatable bonds is 4. The molecule has 5 N–H and O–H groups in total. The molecule has 0 aromatic rings. The number of hydrogen-bond donors (Lipinski definition) is 3. The minimum absolute atomic E-state index is 0.00654. The maximum atomic E-state index is 8.20. The second-order valence-electron chi connectivity index (χ2n) is 1.34. The quantitative estimate of drug-likeness (QED) is 0.240. The SMILES string of the molecule is NC(N)=NCOCCO. The van der Waals surface area contributed by atoms with Gasteiger partial charge in [0.25, 0.3) is 0 Å². The lowest BCUT2D eigenvalue weighted by molar-refractivity contribution is 0.0978. The van der Waals surface area contributed by atoms with Gasteiger partial charge in [-0.05, 0) is 0 Å². The van der Waals surface area contributed by atoms with Crippen LogP contribution in [-0.2, 0) is 4.74 Å². The number of hydrogen-bond acceptors (Lipinski definition) is 3. The van der Waals surface area contributed by atoms with Crippen molar-refractivity contribution in [3.63, 3.8) is 0 Å². The summed E-state index contributed by atoms with van der Waals surface area (Å²) in [7, 11) is 0. The van der Waals surface area contributed by atoms with E-state index in [1.165, 1.54) is 0 Å². The lowest BCUT2D eigenvalue weighted by atomic mass is 10.8. The van der Waals surface area contributed by atoms with Crippen molar-refractivity contribution in [1.82, 2.24) is 0 Å². The Morgan fingerprint density at radius 1 is 1.56 bits per heavy atom. The number of ether oxygens (including phenoxy) is 1. The first-order valence-electron chi connectivity index (χ1n) is 2.51. The highest BCUT2D eigenvalue weighted by molar-refractivity contribution is 5.75. The normalized spacial score (nSPS) is 9.00. The van der Waals surface area contributed by atoms with Crippen molar-refractivity contribution in [1.29, 1.82) is 0 Å². The van der Waals surface area contributed by atoms with Gasteiger partial charge in [-0.2, -0.15) is 0 Å². The molecule has 0 aromatic heterocycles. The summed E-state index contributed by atoms with van der Waals surface area (Å²) in [5.41, 5.74) is 9.92. The zero-order chi connectivity index (χ0) is 7.11. The van der Waals surface area contributed by atoms with Crippen molar-refractivity contribution >= 4 is 5.96 Å². The van der Waals surface area contributed by atoms with Crippen molar-refractivity contribution in [2.24, 2.45) is 16.5 Å². The van der Waals surface area contributed by atoms with Crippen LogP contribution in [0.2, 0.25) is 0 Å². The molecule has 0 fully saturated rings. The van der Waals surface area contributed by atoms with Crippen molar-refractivity contribution in [3.05, 3.63) is 0 Å². The average molecular weight is 133 g/mol. The molecule has 9 heavy (non-hydrogen) atoms. The van der Waals surface area contributed by atoms with E-state index < -0.39 is 0 Å². The topological polar surface area (TPSA) is 93.9 Å². The third-order valence-electron chi connectivity index (χ3n) is 0.574. The lowest BCUT2D eigenvalue weighted by Crippen LogP contribution is -2.23. The van der Waals surface area contributed by atoms with E-state index in [2.05, 4.69) is 4.99 Å². The Balaban J connectivity index is 3.00. The van der Waals surface area contributed by atoms with E-state index in [0.29, 0.717) is 0 Å². The highest BCUT2D eigenvalue weighted by Crippen LogP contribution is 1.72. The van der Waals surface area contributed by atoms with Crippen LogP contribution in [0.1, 0.15) is 0 Å². The molecule has 0 bridgehead atoms. The molecule has 0 saturated carbocycles. The first kappa shape index (κ1) is 8.19. The standard InChI is InChI=1S/C4H11N3O2/c5-4(6)7-3-9-2-1-8/h8H,1-3H2,(H4,5,6,7). The van der Waals surface area contributed by atoms with E-state index >= 15 is 0 Å². The van der Waals surface area contributed by atoms with Crippen LogP contribution < -0.4 is 11.5 Å². The smallest absolute Gasteiger partial charge is 0.188 e. The third kappa shape index (κ3) is 7.19. The summed E-state index contributed by atoms with van der Waals surface area (Å²) in [6.07, 6.45) is 0. The maximum absolute atomic E-state index is 8.20. The molecule has 54 valence electrons. The fraction of sp³-hybridized carbons (Fsp3) is 0.750. The fourth-order valence-corrected chi connectivity index (χ4v) is 0.249. The van der Waals surface area contributed by atoms with Crippen molar-refractivity contribution in [3.8, 4) is 0 Å². The van der Waals surface area contributed by atoms with E-state index in [4.69, 9.17) is 21.3 Å². The molecule has 0 radical (unpaired) electrons. The summed E-state index contributed by atoms with van der Waals surface area (Å²) in [5, 5.41) is 8.20. The van der Waals surface area contributed by atoms with Gasteiger partial charge in [0.2, 0.25) is 0 Å². The molecular weight excluding hydrogens is 122 g/mol. The zero-order valence-electron chi connectivity index (χ0n) is 5.08. The molecule has 0 aliphatic rings. The Hall–Kier alpha value is -0.810. The van der Waals surface area contributed by atoms with Gasteiger partial charge in [0.15, 0.2) is 5.96 Å². The summed E-state index contributed by atoms with van der Waals surface area (Å²) < 4.78 is 4.70. The highest BCUT2D eigenvalue weighted by atomic mass is 16.5. The van der Waals surface area contributed by atoms with E-state index in [1.54, 1.807) is 0 Å². The van der Waals surface area contributed by atoms with Gasteiger partial charge < -0.3 is 21.3 Å². The van der Waals surface area contributed by atoms with Crippen molar-refractivity contribution < 1.29 is 9.84 Å². The minimum atomic E-state index is -0.0139. The van der Waals surface area contributed by atoms with Gasteiger partial charge in [0, 0.05) is 0 Å². The molecule has 5 heteroatoms. The molecule has 0 rings (SSSR count). The average Bonchev–Trinajstić information content (AvgIpc) is 1.80. The fourth-order valence-electron chi connectivity index (χ4n) is 0.249. The zero-order valence-corrected chi connectivity index (χ0v) is 5.08. The van der Waals surface area contributed by atoms with Crippen LogP contribution in [0.15, 0.2) is 4.99 Å². The molecule has 0 aliphatic carbocycles. The van der Waals surface area contributed by atoms with Gasteiger partial charge in [-0.25, -0.2) is 4.99 Å². The van der Waals surface area contributed by atoms with Crippen molar-refractivity contribution in [2.45, 2.75) is 0 Å². The number of nitrogens with zero attached hydrogens (tertiary/aromatic N) is 1. The summed E-state index contributed by atoms with van der Waals surface area (Å²) in [5.74, 6) is -0.00654. The summed E-state index contributed by atoms with van der Waals surface area (Å²) in [4.78, 5) is 3.50. The second kappa shape index (κ2) is 5.33. The van der Waals surface area contributed by atoms with Gasteiger partial charge in [0.05, 0.1) is 13.2 Å². The first-order chi connectivity index (χ1) is 4.27. The molecule has 0 heterocycles. The summed E-state index contributed by atoms with van der Waals surface area (Å²) >= 11 is 0. The van der Waals surface area contributed by atoms with Crippen LogP contribution >= 0.6 is 0 Å². The Bertz CT molecular complexity index is 89.8. The van der Waals surface area contributed by atoms with Gasteiger partial charge >= 0.3 is 0 Å². The number of aliphatic imine (C=N–C) groups is 1. The van der Waals surface area contributed by atoms with Crippen LogP contribution in [0.4, 0.5) is 0 Å². The molecule has 0 aliphatic heterocycles.